The van der Waals surface area contributed by atoms with E-state index in [0.717, 1.165) is 25.1 Å². The highest BCUT2D eigenvalue weighted by Crippen LogP contribution is 2.25. The van der Waals surface area contributed by atoms with Gasteiger partial charge >= 0.3 is 5.97 Å². The molecule has 1 atom stereocenters. The van der Waals surface area contributed by atoms with Crippen molar-refractivity contribution < 1.29 is 19.0 Å². The Hall–Kier alpha value is -1.75. The molecule has 2 rings (SSSR count). The van der Waals surface area contributed by atoms with E-state index in [1.54, 1.807) is 6.07 Å². The highest BCUT2D eigenvalue weighted by molar-refractivity contribution is 5.96. The zero-order valence-corrected chi connectivity index (χ0v) is 12.2. The number of carbonyl (C=O) groups is 1. The van der Waals surface area contributed by atoms with Crippen LogP contribution < -0.4 is 9.64 Å². The van der Waals surface area contributed by atoms with Crippen LogP contribution in [0.5, 0.6) is 5.75 Å². The van der Waals surface area contributed by atoms with E-state index in [1.165, 1.54) is 7.11 Å². The summed E-state index contributed by atoms with van der Waals surface area (Å²) in [6.07, 6.45) is 2.27. The number of nitrogens with zero attached hydrogens (tertiary/aromatic N) is 1. The lowest BCUT2D eigenvalue weighted by Gasteiger charge is -2.18. The van der Waals surface area contributed by atoms with Gasteiger partial charge in [0, 0.05) is 20.7 Å². The highest BCUT2D eigenvalue weighted by atomic mass is 16.5. The molecule has 1 aromatic carbocycles. The Kier molecular flexibility index (Phi) is 4.84. The Morgan fingerprint density at radius 1 is 1.45 bits per heavy atom. The van der Waals surface area contributed by atoms with Crippen LogP contribution in [0.15, 0.2) is 18.2 Å². The monoisotopic (exact) mass is 279 g/mol. The first-order valence-electron chi connectivity index (χ1n) is 6.76. The molecule has 0 aromatic heterocycles. The van der Waals surface area contributed by atoms with Gasteiger partial charge in [-0.15, -0.1) is 0 Å². The van der Waals surface area contributed by atoms with Gasteiger partial charge in [-0.3, -0.25) is 0 Å². The molecule has 5 nitrogen and oxygen atoms in total. The van der Waals surface area contributed by atoms with Crippen LogP contribution in [0, 0.1) is 0 Å². The summed E-state index contributed by atoms with van der Waals surface area (Å²) >= 11 is 0. The molecule has 1 aliphatic rings. The summed E-state index contributed by atoms with van der Waals surface area (Å²) in [4.78, 5) is 13.7. The predicted octanol–water partition coefficient (Wildman–Crippen LogP) is 2.10. The molecule has 0 radical (unpaired) electrons. The van der Waals surface area contributed by atoms with Crippen molar-refractivity contribution in [2.24, 2.45) is 0 Å². The van der Waals surface area contributed by atoms with Gasteiger partial charge in [-0.1, -0.05) is 0 Å². The first kappa shape index (κ1) is 14.7. The lowest BCUT2D eigenvalue weighted by atomic mass is 10.1. The SMILES string of the molecule is COC(=O)c1cc(OCC2CCCO2)ccc1N(C)C. The number of esters is 1. The van der Waals surface area contributed by atoms with E-state index in [4.69, 9.17) is 14.2 Å². The lowest BCUT2D eigenvalue weighted by molar-refractivity contribution is 0.0598. The molecule has 20 heavy (non-hydrogen) atoms. The minimum Gasteiger partial charge on any atom is -0.491 e. The number of carbonyl (C=O) groups excluding carboxylic acids is 1. The molecule has 0 bridgehead atoms. The Morgan fingerprint density at radius 3 is 2.85 bits per heavy atom. The largest absolute Gasteiger partial charge is 0.491 e. The van der Waals surface area contributed by atoms with E-state index >= 15 is 0 Å². The average molecular weight is 279 g/mol. The number of anilines is 1. The number of ether oxygens (including phenoxy) is 3. The van der Waals surface area contributed by atoms with Crippen LogP contribution >= 0.6 is 0 Å². The summed E-state index contributed by atoms with van der Waals surface area (Å²) in [6.45, 7) is 1.32. The van der Waals surface area contributed by atoms with Gasteiger partial charge in [0.25, 0.3) is 0 Å². The summed E-state index contributed by atoms with van der Waals surface area (Å²) in [7, 11) is 5.14. The fraction of sp³-hybridized carbons (Fsp3) is 0.533. The Labute approximate surface area is 119 Å². The van der Waals surface area contributed by atoms with Gasteiger partial charge in [0.15, 0.2) is 0 Å². The maximum Gasteiger partial charge on any atom is 0.340 e. The van der Waals surface area contributed by atoms with Crippen molar-refractivity contribution in [1.82, 2.24) is 0 Å². The molecule has 0 N–H and O–H groups in total. The third-order valence-corrected chi connectivity index (χ3v) is 3.32. The zero-order chi connectivity index (χ0) is 14.5. The summed E-state index contributed by atoms with van der Waals surface area (Å²) in [6, 6.07) is 5.43. The van der Waals surface area contributed by atoms with Crippen LogP contribution in [0.1, 0.15) is 23.2 Å². The van der Waals surface area contributed by atoms with Crippen LogP contribution in [-0.2, 0) is 9.47 Å². The Morgan fingerprint density at radius 2 is 2.25 bits per heavy atom. The quantitative estimate of drug-likeness (QED) is 0.772. The lowest BCUT2D eigenvalue weighted by Crippen LogP contribution is -2.17. The summed E-state index contributed by atoms with van der Waals surface area (Å²) in [5, 5.41) is 0. The highest BCUT2D eigenvalue weighted by Gasteiger charge is 2.18. The van der Waals surface area contributed by atoms with Crippen molar-refractivity contribution in [3.8, 4) is 5.75 Å². The van der Waals surface area contributed by atoms with Crippen LogP contribution in [0.25, 0.3) is 0 Å². The normalized spacial score (nSPS) is 17.9. The van der Waals surface area contributed by atoms with E-state index in [9.17, 15) is 4.79 Å². The smallest absolute Gasteiger partial charge is 0.340 e. The first-order valence-corrected chi connectivity index (χ1v) is 6.76. The molecular formula is C15H21NO4. The minimum absolute atomic E-state index is 0.158. The van der Waals surface area contributed by atoms with Crippen molar-refractivity contribution in [3.63, 3.8) is 0 Å². The number of rotatable bonds is 5. The number of benzene rings is 1. The van der Waals surface area contributed by atoms with Crippen molar-refractivity contribution in [1.29, 1.82) is 0 Å². The van der Waals surface area contributed by atoms with Crippen LogP contribution in [0.3, 0.4) is 0 Å². The van der Waals surface area contributed by atoms with Gasteiger partial charge in [0.1, 0.15) is 12.4 Å². The van der Waals surface area contributed by atoms with Crippen molar-refractivity contribution in [2.75, 3.05) is 39.3 Å². The van der Waals surface area contributed by atoms with Gasteiger partial charge in [-0.05, 0) is 31.0 Å². The van der Waals surface area contributed by atoms with Crippen molar-refractivity contribution >= 4 is 11.7 Å². The molecule has 0 saturated carbocycles. The molecular weight excluding hydrogens is 258 g/mol. The Balaban J connectivity index is 2.11. The second kappa shape index (κ2) is 6.61. The van der Waals surface area contributed by atoms with Gasteiger partial charge in [0.05, 0.1) is 24.5 Å². The van der Waals surface area contributed by atoms with Crippen molar-refractivity contribution in [2.45, 2.75) is 18.9 Å². The molecule has 1 saturated heterocycles. The molecule has 0 spiro atoms. The predicted molar refractivity (Wildman–Crippen MR) is 76.6 cm³/mol. The Bertz CT molecular complexity index is 467. The molecule has 1 aromatic rings. The average Bonchev–Trinajstić information content (AvgIpc) is 2.97. The molecule has 0 aliphatic carbocycles. The van der Waals surface area contributed by atoms with Gasteiger partial charge in [0.2, 0.25) is 0 Å². The van der Waals surface area contributed by atoms with Gasteiger partial charge < -0.3 is 19.1 Å². The van der Waals surface area contributed by atoms with Crippen LogP contribution in [0.4, 0.5) is 5.69 Å². The molecule has 1 fully saturated rings. The number of hydrogen-bond acceptors (Lipinski definition) is 5. The van der Waals surface area contributed by atoms with E-state index in [2.05, 4.69) is 0 Å². The zero-order valence-electron chi connectivity index (χ0n) is 12.2. The fourth-order valence-electron chi connectivity index (χ4n) is 2.23. The minimum atomic E-state index is -0.365. The summed E-state index contributed by atoms with van der Waals surface area (Å²) in [5.41, 5.74) is 1.31. The van der Waals surface area contributed by atoms with Crippen LogP contribution in [-0.4, -0.2) is 46.5 Å². The molecule has 1 heterocycles. The van der Waals surface area contributed by atoms with Crippen LogP contribution in [0.2, 0.25) is 0 Å². The van der Waals surface area contributed by atoms with E-state index in [0.29, 0.717) is 17.9 Å². The molecule has 1 aliphatic heterocycles. The standard InChI is InChI=1S/C15H21NO4/c1-16(2)14-7-6-11(9-13(14)15(17)18-3)20-10-12-5-4-8-19-12/h6-7,9,12H,4-5,8,10H2,1-3H3. The first-order chi connectivity index (χ1) is 9.61. The summed E-state index contributed by atoms with van der Waals surface area (Å²) in [5.74, 6) is 0.294. The maximum atomic E-state index is 11.8. The molecule has 5 heteroatoms. The third kappa shape index (κ3) is 3.42. The number of methoxy groups -OCH3 is 1. The number of hydrogen-bond donors (Lipinski definition) is 0. The molecule has 110 valence electrons. The maximum absolute atomic E-state index is 11.8. The fourth-order valence-corrected chi connectivity index (χ4v) is 2.23. The van der Waals surface area contributed by atoms with E-state index < -0.39 is 0 Å². The molecule has 0 amide bonds. The van der Waals surface area contributed by atoms with Gasteiger partial charge in [-0.2, -0.15) is 0 Å². The van der Waals surface area contributed by atoms with E-state index in [-0.39, 0.29) is 12.1 Å². The topological polar surface area (TPSA) is 48.0 Å². The molecule has 1 unspecified atom stereocenters. The third-order valence-electron chi connectivity index (χ3n) is 3.32. The van der Waals surface area contributed by atoms with E-state index in [1.807, 2.05) is 31.1 Å². The second-order valence-corrected chi connectivity index (χ2v) is 5.01. The van der Waals surface area contributed by atoms with Gasteiger partial charge in [-0.25, -0.2) is 4.79 Å². The van der Waals surface area contributed by atoms with Crippen molar-refractivity contribution in [3.05, 3.63) is 23.8 Å². The second-order valence-electron chi connectivity index (χ2n) is 5.01. The summed E-state index contributed by atoms with van der Waals surface area (Å²) < 4.78 is 16.0.